The number of methoxy groups -OCH3 is 1. The van der Waals surface area contributed by atoms with Crippen molar-refractivity contribution in [3.63, 3.8) is 0 Å². The van der Waals surface area contributed by atoms with Gasteiger partial charge in [-0.1, -0.05) is 12.1 Å². The summed E-state index contributed by atoms with van der Waals surface area (Å²) in [5.74, 6) is -0.0594. The Balaban J connectivity index is 2.01. The maximum Gasteiger partial charge on any atom is 0.350 e. The van der Waals surface area contributed by atoms with Crippen LogP contribution in [0.25, 0.3) is 5.65 Å². The van der Waals surface area contributed by atoms with Crippen molar-refractivity contribution >= 4 is 26.3 Å². The van der Waals surface area contributed by atoms with Crippen LogP contribution < -0.4 is 11.4 Å². The summed E-state index contributed by atoms with van der Waals surface area (Å²) in [7, 11) is -0.131. The van der Waals surface area contributed by atoms with E-state index in [0.717, 1.165) is 4.52 Å². The van der Waals surface area contributed by atoms with Crippen LogP contribution in [0.5, 0.6) is 0 Å². The SMILES string of the molecule is CC/C=N/OP(OC1C(CO)OC(c2cnn3c(=O)[nH]c(N)nc23)C1OCCOC)N(C(C)C)C(C)C. The lowest BCUT2D eigenvalue weighted by Gasteiger charge is -2.36. The van der Waals surface area contributed by atoms with Gasteiger partial charge in [0.05, 0.1) is 26.0 Å². The number of hydrogen-bond donors (Lipinski definition) is 3. The van der Waals surface area contributed by atoms with Crippen molar-refractivity contribution in [1.29, 1.82) is 0 Å². The third-order valence-electron chi connectivity index (χ3n) is 5.65. The molecule has 0 aliphatic carbocycles. The van der Waals surface area contributed by atoms with Crippen LogP contribution in [0.15, 0.2) is 16.1 Å². The summed E-state index contributed by atoms with van der Waals surface area (Å²) in [6.45, 7) is 10.4. The maximum absolute atomic E-state index is 12.3. The van der Waals surface area contributed by atoms with Gasteiger partial charge in [0.15, 0.2) is 5.65 Å². The van der Waals surface area contributed by atoms with Gasteiger partial charge in [-0.05, 0) is 34.1 Å². The Morgan fingerprint density at radius 2 is 2.05 bits per heavy atom. The van der Waals surface area contributed by atoms with Crippen LogP contribution in [0.3, 0.4) is 0 Å². The molecular weight excluding hydrogens is 505 g/mol. The van der Waals surface area contributed by atoms with Crippen LogP contribution in [0, 0.1) is 0 Å². The van der Waals surface area contributed by atoms with Gasteiger partial charge in [-0.15, -0.1) is 0 Å². The molecule has 0 saturated carbocycles. The number of aromatic amines is 1. The first-order valence-corrected chi connectivity index (χ1v) is 13.4. The van der Waals surface area contributed by atoms with E-state index in [9.17, 15) is 9.90 Å². The summed E-state index contributed by atoms with van der Waals surface area (Å²) >= 11 is 0. The average Bonchev–Trinajstić information content (AvgIpc) is 3.40. The van der Waals surface area contributed by atoms with E-state index >= 15 is 0 Å². The summed E-state index contributed by atoms with van der Waals surface area (Å²) in [5.41, 5.74) is 5.95. The number of hydrogen-bond acceptors (Lipinski definition) is 12. The number of nitrogen functional groups attached to an aromatic ring is 1. The molecule has 0 bridgehead atoms. The van der Waals surface area contributed by atoms with Gasteiger partial charge in [0.2, 0.25) is 5.95 Å². The summed E-state index contributed by atoms with van der Waals surface area (Å²) in [6.07, 6.45) is 0.840. The molecule has 1 aliphatic rings. The monoisotopic (exact) mass is 543 g/mol. The molecule has 2 aromatic rings. The van der Waals surface area contributed by atoms with Crippen LogP contribution in [0.1, 0.15) is 52.7 Å². The molecule has 37 heavy (non-hydrogen) atoms. The minimum atomic E-state index is -1.70. The molecule has 5 unspecified atom stereocenters. The number of aromatic nitrogens is 4. The second-order valence-corrected chi connectivity index (χ2v) is 10.3. The average molecular weight is 544 g/mol. The summed E-state index contributed by atoms with van der Waals surface area (Å²) in [4.78, 5) is 19.0. The number of anilines is 1. The molecule has 1 saturated heterocycles. The quantitative estimate of drug-likeness (QED) is 0.137. The third kappa shape index (κ3) is 6.82. The van der Waals surface area contributed by atoms with Crippen LogP contribution in [0.4, 0.5) is 5.95 Å². The number of H-pyrrole nitrogens is 1. The Morgan fingerprint density at radius 3 is 2.68 bits per heavy atom. The van der Waals surface area contributed by atoms with E-state index < -0.39 is 38.6 Å². The van der Waals surface area contributed by atoms with Crippen LogP contribution in [-0.4, -0.2) is 92.9 Å². The molecule has 0 spiro atoms. The van der Waals surface area contributed by atoms with Crippen molar-refractivity contribution in [2.45, 2.75) is 77.5 Å². The van der Waals surface area contributed by atoms with Crippen molar-refractivity contribution in [1.82, 2.24) is 24.3 Å². The van der Waals surface area contributed by atoms with Gasteiger partial charge in [0, 0.05) is 31.0 Å². The zero-order valence-electron chi connectivity index (χ0n) is 22.1. The predicted octanol–water partition coefficient (Wildman–Crippen LogP) is 1.61. The molecular formula is C22H38N7O7P. The number of ether oxygens (including phenoxy) is 3. The lowest BCUT2D eigenvalue weighted by Crippen LogP contribution is -2.40. The molecule has 208 valence electrons. The third-order valence-corrected chi connectivity index (χ3v) is 7.61. The summed E-state index contributed by atoms with van der Waals surface area (Å²) < 4.78 is 33.2. The summed E-state index contributed by atoms with van der Waals surface area (Å²) in [6, 6.07) is 0.167. The Kier molecular flexibility index (Phi) is 10.8. The second kappa shape index (κ2) is 13.6. The molecule has 5 atom stereocenters. The number of aliphatic hydroxyl groups is 1. The summed E-state index contributed by atoms with van der Waals surface area (Å²) in [5, 5.41) is 18.5. The molecule has 3 heterocycles. The number of aliphatic hydroxyl groups excluding tert-OH is 1. The molecule has 15 heteroatoms. The first-order valence-electron chi connectivity index (χ1n) is 12.3. The first kappa shape index (κ1) is 29.4. The fraction of sp³-hybridized carbons (Fsp3) is 0.727. The Morgan fingerprint density at radius 1 is 1.32 bits per heavy atom. The number of nitrogens with zero attached hydrogens (tertiary/aromatic N) is 5. The highest BCUT2D eigenvalue weighted by Crippen LogP contribution is 2.51. The molecule has 4 N–H and O–H groups in total. The van der Waals surface area contributed by atoms with E-state index in [2.05, 4.69) is 24.9 Å². The van der Waals surface area contributed by atoms with Crippen molar-refractivity contribution in [2.24, 2.45) is 5.16 Å². The predicted molar refractivity (Wildman–Crippen MR) is 138 cm³/mol. The van der Waals surface area contributed by atoms with E-state index in [1.165, 1.54) is 6.20 Å². The van der Waals surface area contributed by atoms with Gasteiger partial charge in [0.25, 0.3) is 0 Å². The molecule has 3 rings (SSSR count). The zero-order chi connectivity index (χ0) is 27.1. The minimum Gasteiger partial charge on any atom is -0.394 e. The van der Waals surface area contributed by atoms with Gasteiger partial charge in [-0.2, -0.15) is 14.6 Å². The first-order chi connectivity index (χ1) is 17.7. The number of rotatable bonds is 14. The van der Waals surface area contributed by atoms with E-state index in [4.69, 9.17) is 29.1 Å². The largest absolute Gasteiger partial charge is 0.394 e. The van der Waals surface area contributed by atoms with Crippen molar-refractivity contribution in [2.75, 3.05) is 32.7 Å². The Labute approximate surface area is 217 Å². The highest BCUT2D eigenvalue weighted by Gasteiger charge is 2.50. The smallest absolute Gasteiger partial charge is 0.350 e. The van der Waals surface area contributed by atoms with E-state index in [1.54, 1.807) is 13.3 Å². The normalized spacial score (nSPS) is 23.3. The van der Waals surface area contributed by atoms with Crippen LogP contribution in [-0.2, 0) is 23.4 Å². The lowest BCUT2D eigenvalue weighted by molar-refractivity contribution is -0.0504. The molecule has 2 aromatic heterocycles. The minimum absolute atomic E-state index is 0.0594. The van der Waals surface area contributed by atoms with Crippen molar-refractivity contribution < 1.29 is 28.5 Å². The number of oxime groups is 1. The fourth-order valence-corrected chi connectivity index (χ4v) is 5.76. The topological polar surface area (TPSA) is 171 Å². The van der Waals surface area contributed by atoms with E-state index in [0.29, 0.717) is 18.6 Å². The molecule has 1 fully saturated rings. The van der Waals surface area contributed by atoms with Crippen LogP contribution in [0.2, 0.25) is 0 Å². The van der Waals surface area contributed by atoms with Crippen molar-refractivity contribution in [3.05, 3.63) is 22.2 Å². The molecule has 0 aromatic carbocycles. The number of nitrogens with one attached hydrogen (secondary N) is 1. The van der Waals surface area contributed by atoms with Crippen LogP contribution >= 0.6 is 8.53 Å². The number of fused-ring (bicyclic) bond motifs is 1. The maximum atomic E-state index is 12.3. The molecule has 14 nitrogen and oxygen atoms in total. The zero-order valence-corrected chi connectivity index (χ0v) is 23.0. The van der Waals surface area contributed by atoms with Gasteiger partial charge < -0.3 is 34.2 Å². The Bertz CT molecular complexity index is 1070. The molecule has 0 radical (unpaired) electrons. The van der Waals surface area contributed by atoms with E-state index in [1.807, 2.05) is 34.6 Å². The number of nitrogens with two attached hydrogens (primary N) is 1. The highest BCUT2D eigenvalue weighted by atomic mass is 31.2. The standard InChI is InChI=1S/C22H38N7O7P/c1-7-8-25-36-37(29(13(2)3)14(4)5)35-18-16(12-30)34-17(19(18)33-10-9-32-6)15-11-24-28-20(15)26-21(23)27-22(28)31/h8,11,13-14,16-19,30H,7,9-10,12H2,1-6H3,(H3,23,26,27,31)/b25-8+. The van der Waals surface area contributed by atoms with E-state index in [-0.39, 0.29) is 36.9 Å². The molecule has 1 aliphatic heterocycles. The second-order valence-electron chi connectivity index (χ2n) is 9.02. The van der Waals surface area contributed by atoms with Gasteiger partial charge in [-0.3, -0.25) is 4.98 Å². The Hall–Kier alpha value is -2.19. The fourth-order valence-electron chi connectivity index (χ4n) is 4.16. The van der Waals surface area contributed by atoms with Crippen molar-refractivity contribution in [3.8, 4) is 0 Å². The van der Waals surface area contributed by atoms with Gasteiger partial charge in [0.1, 0.15) is 24.4 Å². The lowest BCUT2D eigenvalue weighted by atomic mass is 10.0. The van der Waals surface area contributed by atoms with Gasteiger partial charge >= 0.3 is 14.2 Å². The van der Waals surface area contributed by atoms with Gasteiger partial charge in [-0.25, -0.2) is 9.46 Å². The highest BCUT2D eigenvalue weighted by molar-refractivity contribution is 7.44. The molecule has 0 amide bonds.